The number of pyridine rings is 1. The van der Waals surface area contributed by atoms with Crippen molar-refractivity contribution in [3.63, 3.8) is 0 Å². The van der Waals surface area contributed by atoms with E-state index in [1.165, 1.54) is 6.92 Å². The predicted molar refractivity (Wildman–Crippen MR) is 128 cm³/mol. The number of carbonyl (C=O) groups is 2. The average Bonchev–Trinajstić information content (AvgIpc) is 3.16. The van der Waals surface area contributed by atoms with Crippen molar-refractivity contribution >= 4 is 40.3 Å². The number of anilines is 2. The van der Waals surface area contributed by atoms with Gasteiger partial charge in [0.25, 0.3) is 0 Å². The van der Waals surface area contributed by atoms with Gasteiger partial charge in [0.2, 0.25) is 11.8 Å². The van der Waals surface area contributed by atoms with Gasteiger partial charge >= 0.3 is 0 Å². The normalized spacial score (nSPS) is 16.8. The van der Waals surface area contributed by atoms with E-state index in [1.54, 1.807) is 11.1 Å². The number of para-hydroxylation sites is 1. The summed E-state index contributed by atoms with van der Waals surface area (Å²) in [5.74, 6) is -0.318. The van der Waals surface area contributed by atoms with E-state index in [0.29, 0.717) is 24.4 Å². The third-order valence-electron chi connectivity index (χ3n) is 6.31. The first-order chi connectivity index (χ1) is 16.0. The molecule has 1 aromatic carbocycles. The first-order valence-corrected chi connectivity index (χ1v) is 11.2. The number of aromatic amines is 1. The predicted octanol–water partition coefficient (Wildman–Crippen LogP) is 3.03. The van der Waals surface area contributed by atoms with E-state index in [-0.39, 0.29) is 24.4 Å². The zero-order valence-electron chi connectivity index (χ0n) is 18.8. The van der Waals surface area contributed by atoms with Crippen molar-refractivity contribution < 1.29 is 14.3 Å². The Labute approximate surface area is 192 Å². The molecule has 2 aromatic heterocycles. The number of morpholine rings is 1. The number of benzene rings is 1. The molecule has 0 bridgehead atoms. The van der Waals surface area contributed by atoms with Crippen LogP contribution in [-0.4, -0.2) is 54.6 Å². The number of nitrogens with zero attached hydrogens (tertiary/aromatic N) is 3. The standard InChI is InChI=1S/C25H27N5O3/c1-16(20-5-3-4-6-21(20)29-9-11-33-12-10-29)28-25(32)19-13-18-14-27-24-23(18)22(7-8-26-24)30(15-19)17(2)31/h3-8,13-14,16H,9-12,15H2,1-2H3,(H,26,27)(H,28,32)/t16-/m0/s1. The lowest BCUT2D eigenvalue weighted by molar-refractivity contribution is -0.118. The molecule has 2 amide bonds. The van der Waals surface area contributed by atoms with Crippen molar-refractivity contribution in [2.24, 2.45) is 0 Å². The van der Waals surface area contributed by atoms with Crippen LogP contribution in [0.1, 0.15) is 31.0 Å². The van der Waals surface area contributed by atoms with E-state index in [0.717, 1.165) is 41.0 Å². The molecule has 0 spiro atoms. The molecule has 33 heavy (non-hydrogen) atoms. The molecule has 1 saturated heterocycles. The van der Waals surface area contributed by atoms with Gasteiger partial charge in [-0.15, -0.1) is 0 Å². The summed E-state index contributed by atoms with van der Waals surface area (Å²) < 4.78 is 5.49. The second-order valence-corrected chi connectivity index (χ2v) is 8.43. The van der Waals surface area contributed by atoms with E-state index >= 15 is 0 Å². The Morgan fingerprint density at radius 1 is 1.15 bits per heavy atom. The van der Waals surface area contributed by atoms with Crippen LogP contribution in [0, 0.1) is 0 Å². The molecule has 0 aliphatic carbocycles. The minimum atomic E-state index is -0.207. The minimum absolute atomic E-state index is 0.124. The van der Waals surface area contributed by atoms with Crippen molar-refractivity contribution in [3.8, 4) is 0 Å². The Morgan fingerprint density at radius 2 is 1.94 bits per heavy atom. The number of ether oxygens (including phenoxy) is 1. The SMILES string of the molecule is CC(=O)N1CC(C(=O)N[C@@H](C)c2ccccc2N2CCOCC2)=Cc2c[nH]c3nccc1c23. The summed E-state index contributed by atoms with van der Waals surface area (Å²) >= 11 is 0. The highest BCUT2D eigenvalue weighted by atomic mass is 16.5. The second kappa shape index (κ2) is 8.71. The van der Waals surface area contributed by atoms with Crippen molar-refractivity contribution in [3.05, 3.63) is 59.4 Å². The Morgan fingerprint density at radius 3 is 2.73 bits per heavy atom. The number of hydrogen-bond acceptors (Lipinski definition) is 5. The average molecular weight is 446 g/mol. The number of H-pyrrole nitrogens is 1. The van der Waals surface area contributed by atoms with Gasteiger partial charge < -0.3 is 24.8 Å². The first-order valence-electron chi connectivity index (χ1n) is 11.2. The van der Waals surface area contributed by atoms with Gasteiger partial charge in [0.1, 0.15) is 5.65 Å². The lowest BCUT2D eigenvalue weighted by Gasteiger charge is -2.32. The van der Waals surface area contributed by atoms with E-state index in [9.17, 15) is 9.59 Å². The maximum atomic E-state index is 13.4. The zero-order chi connectivity index (χ0) is 22.9. The van der Waals surface area contributed by atoms with Gasteiger partial charge in [-0.2, -0.15) is 0 Å². The lowest BCUT2D eigenvalue weighted by Crippen LogP contribution is -2.38. The van der Waals surface area contributed by atoms with Crippen LogP contribution in [0.3, 0.4) is 0 Å². The number of hydrogen-bond donors (Lipinski definition) is 2. The van der Waals surface area contributed by atoms with Crippen molar-refractivity contribution in [1.82, 2.24) is 15.3 Å². The van der Waals surface area contributed by atoms with Crippen LogP contribution in [0.4, 0.5) is 11.4 Å². The number of nitrogens with one attached hydrogen (secondary N) is 2. The monoisotopic (exact) mass is 445 g/mol. The molecule has 0 saturated carbocycles. The van der Waals surface area contributed by atoms with Crippen LogP contribution >= 0.6 is 0 Å². The van der Waals surface area contributed by atoms with Crippen LogP contribution < -0.4 is 15.1 Å². The number of amides is 2. The third-order valence-corrected chi connectivity index (χ3v) is 6.31. The molecule has 4 heterocycles. The van der Waals surface area contributed by atoms with Gasteiger partial charge in [0.15, 0.2) is 0 Å². The maximum Gasteiger partial charge on any atom is 0.249 e. The van der Waals surface area contributed by atoms with Gasteiger partial charge in [-0.3, -0.25) is 9.59 Å². The summed E-state index contributed by atoms with van der Waals surface area (Å²) in [4.78, 5) is 37.3. The molecule has 0 unspecified atom stereocenters. The summed E-state index contributed by atoms with van der Waals surface area (Å²) in [5.41, 5.74) is 5.00. The molecular weight excluding hydrogens is 418 g/mol. The zero-order valence-corrected chi connectivity index (χ0v) is 18.8. The van der Waals surface area contributed by atoms with E-state index < -0.39 is 0 Å². The van der Waals surface area contributed by atoms with Crippen molar-refractivity contribution in [2.45, 2.75) is 19.9 Å². The molecular formula is C25H27N5O3. The summed E-state index contributed by atoms with van der Waals surface area (Å²) in [6, 6.07) is 9.76. The molecule has 2 aliphatic rings. The highest BCUT2D eigenvalue weighted by molar-refractivity contribution is 6.10. The van der Waals surface area contributed by atoms with Gasteiger partial charge in [-0.25, -0.2) is 4.98 Å². The molecule has 8 heteroatoms. The molecule has 1 atom stereocenters. The molecule has 170 valence electrons. The summed E-state index contributed by atoms with van der Waals surface area (Å²) in [6.07, 6.45) is 5.35. The Bertz CT molecular complexity index is 1240. The summed E-state index contributed by atoms with van der Waals surface area (Å²) in [7, 11) is 0. The van der Waals surface area contributed by atoms with E-state index in [4.69, 9.17) is 4.74 Å². The van der Waals surface area contributed by atoms with Gasteiger partial charge in [0, 0.05) is 54.6 Å². The minimum Gasteiger partial charge on any atom is -0.378 e. The fraction of sp³-hybridized carbons (Fsp3) is 0.320. The summed E-state index contributed by atoms with van der Waals surface area (Å²) in [5, 5.41) is 4.00. The molecule has 3 aromatic rings. The molecule has 1 fully saturated rings. The summed E-state index contributed by atoms with van der Waals surface area (Å²) in [6.45, 7) is 6.75. The fourth-order valence-corrected chi connectivity index (χ4v) is 4.62. The number of aromatic nitrogens is 2. The molecule has 2 N–H and O–H groups in total. The van der Waals surface area contributed by atoms with Crippen LogP contribution in [0.25, 0.3) is 17.1 Å². The van der Waals surface area contributed by atoms with Gasteiger partial charge in [-0.1, -0.05) is 18.2 Å². The third kappa shape index (κ3) is 3.98. The first kappa shape index (κ1) is 21.2. The molecule has 2 aliphatic heterocycles. The smallest absolute Gasteiger partial charge is 0.249 e. The molecule has 5 rings (SSSR count). The second-order valence-electron chi connectivity index (χ2n) is 8.43. The van der Waals surface area contributed by atoms with Crippen molar-refractivity contribution in [2.75, 3.05) is 42.6 Å². The number of carbonyl (C=O) groups excluding carboxylic acids is 2. The van der Waals surface area contributed by atoms with Crippen LogP contribution in [0.5, 0.6) is 0 Å². The van der Waals surface area contributed by atoms with E-state index in [1.807, 2.05) is 37.4 Å². The highest BCUT2D eigenvalue weighted by Crippen LogP contribution is 2.34. The Hall–Kier alpha value is -3.65. The lowest BCUT2D eigenvalue weighted by atomic mass is 10.0. The quantitative estimate of drug-likeness (QED) is 0.644. The van der Waals surface area contributed by atoms with Crippen LogP contribution in [0.2, 0.25) is 0 Å². The van der Waals surface area contributed by atoms with E-state index in [2.05, 4.69) is 32.3 Å². The number of rotatable bonds is 4. The molecule has 8 nitrogen and oxygen atoms in total. The maximum absolute atomic E-state index is 13.4. The van der Waals surface area contributed by atoms with Crippen LogP contribution in [-0.2, 0) is 14.3 Å². The highest BCUT2D eigenvalue weighted by Gasteiger charge is 2.26. The Balaban J connectivity index is 1.43. The van der Waals surface area contributed by atoms with Crippen LogP contribution in [0.15, 0.2) is 48.3 Å². The van der Waals surface area contributed by atoms with Gasteiger partial charge in [0.05, 0.1) is 31.5 Å². The van der Waals surface area contributed by atoms with Gasteiger partial charge in [-0.05, 0) is 30.7 Å². The topological polar surface area (TPSA) is 90.6 Å². The Kier molecular flexibility index (Phi) is 5.60. The fourth-order valence-electron chi connectivity index (χ4n) is 4.62. The molecule has 0 radical (unpaired) electrons. The van der Waals surface area contributed by atoms with Crippen molar-refractivity contribution in [1.29, 1.82) is 0 Å². The largest absolute Gasteiger partial charge is 0.378 e.